The lowest BCUT2D eigenvalue weighted by atomic mass is 10.0. The number of rotatable bonds is 9. The van der Waals surface area contributed by atoms with Gasteiger partial charge in [0.1, 0.15) is 29.0 Å². The highest BCUT2D eigenvalue weighted by atomic mass is 32.2. The van der Waals surface area contributed by atoms with E-state index in [0.29, 0.717) is 41.9 Å². The van der Waals surface area contributed by atoms with Gasteiger partial charge in [-0.25, -0.2) is 27.6 Å². The van der Waals surface area contributed by atoms with E-state index in [0.717, 1.165) is 6.20 Å². The Kier molecular flexibility index (Phi) is 11.3. The molecule has 260 valence electrons. The Morgan fingerprint density at radius 3 is 2.59 bits per heavy atom. The van der Waals surface area contributed by atoms with Gasteiger partial charge in [-0.3, -0.25) is 9.59 Å². The van der Waals surface area contributed by atoms with E-state index in [2.05, 4.69) is 25.0 Å². The fourth-order valence-corrected chi connectivity index (χ4v) is 6.27. The zero-order chi connectivity index (χ0) is 35.0. The number of carbonyl (C=O) groups excluding carboxylic acids is 4. The molecule has 49 heavy (non-hydrogen) atoms. The molecule has 5 rings (SSSR count). The van der Waals surface area contributed by atoms with Gasteiger partial charge in [0.05, 0.1) is 34.9 Å². The zero-order valence-electron chi connectivity index (χ0n) is 26.5. The van der Waals surface area contributed by atoms with Crippen molar-refractivity contribution in [2.24, 2.45) is 4.36 Å². The van der Waals surface area contributed by atoms with E-state index in [9.17, 15) is 32.2 Å². The normalized spacial score (nSPS) is 15.4. The molecule has 2 N–H and O–H groups in total. The molecule has 1 unspecified atom stereocenters. The molecule has 14 nitrogen and oxygen atoms in total. The Balaban J connectivity index is 1.19. The third-order valence-electron chi connectivity index (χ3n) is 7.25. The number of hydrogen-bond acceptors (Lipinski definition) is 11. The smallest absolute Gasteiger partial charge is 0.349 e. The number of halogens is 2. The molecule has 1 aromatic carbocycles. The third kappa shape index (κ3) is 9.91. The first-order valence-electron chi connectivity index (χ1n) is 15.5. The van der Waals surface area contributed by atoms with Crippen LogP contribution in [0.4, 0.5) is 25.2 Å². The minimum absolute atomic E-state index is 0.00597. The van der Waals surface area contributed by atoms with Gasteiger partial charge in [0.2, 0.25) is 5.88 Å². The highest BCUT2D eigenvalue weighted by molar-refractivity contribution is 7.92. The molecule has 17 heteroatoms. The van der Waals surface area contributed by atoms with Crippen LogP contribution in [-0.4, -0.2) is 69.1 Å². The summed E-state index contributed by atoms with van der Waals surface area (Å²) in [4.78, 5) is 60.8. The number of carbonyl (C=O) groups is 4. The van der Waals surface area contributed by atoms with Gasteiger partial charge in [-0.1, -0.05) is 6.42 Å². The van der Waals surface area contributed by atoms with Gasteiger partial charge in [-0.2, -0.15) is 4.98 Å². The first kappa shape index (κ1) is 35.1. The summed E-state index contributed by atoms with van der Waals surface area (Å²) in [5.41, 5.74) is 0.965. The van der Waals surface area contributed by atoms with Crippen molar-refractivity contribution in [2.75, 3.05) is 31.3 Å². The molecule has 4 heterocycles. The van der Waals surface area contributed by atoms with Crippen LogP contribution < -0.4 is 20.1 Å². The van der Waals surface area contributed by atoms with Gasteiger partial charge >= 0.3 is 12.0 Å². The SMILES string of the molecule is CS(=O)(Cc1cc2nc(c1)OCCCOc1cc(F)ccc1-c1cc(ncc1F)N2)=NC(=O)NCCCCCC(=O)ON1C(=O)CCC1=O. The molecule has 2 aliphatic heterocycles. The highest BCUT2D eigenvalue weighted by Crippen LogP contribution is 2.34. The maximum absolute atomic E-state index is 14.9. The second-order valence-electron chi connectivity index (χ2n) is 11.3. The van der Waals surface area contributed by atoms with E-state index in [4.69, 9.17) is 14.3 Å². The summed E-state index contributed by atoms with van der Waals surface area (Å²) in [5, 5.41) is 6.09. The van der Waals surface area contributed by atoms with Crippen LogP contribution >= 0.6 is 0 Å². The Labute approximate surface area is 280 Å². The number of hydrogen-bond donors (Lipinski definition) is 2. The number of anilines is 2. The first-order valence-corrected chi connectivity index (χ1v) is 17.6. The van der Waals surface area contributed by atoms with Crippen molar-refractivity contribution in [1.82, 2.24) is 20.3 Å². The number of amides is 4. The molecule has 1 atom stereocenters. The van der Waals surface area contributed by atoms with Crippen LogP contribution in [0.25, 0.3) is 11.1 Å². The third-order valence-corrected chi connectivity index (χ3v) is 8.67. The van der Waals surface area contributed by atoms with Gasteiger partial charge in [-0.15, -0.1) is 9.43 Å². The lowest BCUT2D eigenvalue weighted by molar-refractivity contribution is -0.197. The summed E-state index contributed by atoms with van der Waals surface area (Å²) in [5.74, 6) is -2.24. The number of urea groups is 1. The summed E-state index contributed by atoms with van der Waals surface area (Å²) in [6, 6.07) is 7.65. The summed E-state index contributed by atoms with van der Waals surface area (Å²) >= 11 is 0. The zero-order valence-corrected chi connectivity index (χ0v) is 27.4. The summed E-state index contributed by atoms with van der Waals surface area (Å²) in [7, 11) is -3.07. The fourth-order valence-electron chi connectivity index (χ4n) is 5.00. The molecule has 0 aliphatic carbocycles. The van der Waals surface area contributed by atoms with Crippen LogP contribution in [0.15, 0.2) is 47.0 Å². The van der Waals surface area contributed by atoms with Crippen LogP contribution in [0.2, 0.25) is 0 Å². The van der Waals surface area contributed by atoms with Gasteiger partial charge in [-0.05, 0) is 42.7 Å². The number of nitrogens with zero attached hydrogens (tertiary/aromatic N) is 4. The molecular formula is C32H34F2N6O8S. The van der Waals surface area contributed by atoms with Gasteiger partial charge < -0.3 is 24.9 Å². The minimum atomic E-state index is -3.07. The van der Waals surface area contributed by atoms with Crippen LogP contribution in [0.3, 0.4) is 0 Å². The molecule has 4 amide bonds. The van der Waals surface area contributed by atoms with Crippen molar-refractivity contribution in [3.8, 4) is 22.8 Å². The largest absolute Gasteiger partial charge is 0.493 e. The average Bonchev–Trinajstić information content (AvgIpc) is 3.35. The predicted octanol–water partition coefficient (Wildman–Crippen LogP) is 4.80. The fraction of sp³-hybridized carbons (Fsp3) is 0.375. The van der Waals surface area contributed by atoms with E-state index in [1.807, 2.05) is 0 Å². The van der Waals surface area contributed by atoms with E-state index >= 15 is 0 Å². The van der Waals surface area contributed by atoms with Crippen molar-refractivity contribution in [3.63, 3.8) is 0 Å². The van der Waals surface area contributed by atoms with Crippen molar-refractivity contribution < 1.29 is 46.5 Å². The Morgan fingerprint density at radius 1 is 1.02 bits per heavy atom. The van der Waals surface area contributed by atoms with Gasteiger partial charge in [0.25, 0.3) is 11.8 Å². The van der Waals surface area contributed by atoms with Crippen LogP contribution in [0.1, 0.15) is 50.5 Å². The Hall–Kier alpha value is -5.19. The Bertz CT molecular complexity index is 1870. The average molecular weight is 701 g/mol. The van der Waals surface area contributed by atoms with Gasteiger partial charge in [0.15, 0.2) is 0 Å². The number of benzene rings is 1. The van der Waals surface area contributed by atoms with Crippen LogP contribution in [0.5, 0.6) is 11.6 Å². The molecule has 2 aromatic heterocycles. The second-order valence-corrected chi connectivity index (χ2v) is 13.7. The van der Waals surface area contributed by atoms with E-state index < -0.39 is 45.2 Å². The molecule has 1 fully saturated rings. The van der Waals surface area contributed by atoms with E-state index in [-0.39, 0.29) is 73.6 Å². The number of nitrogens with one attached hydrogen (secondary N) is 2. The predicted molar refractivity (Wildman–Crippen MR) is 172 cm³/mol. The van der Waals surface area contributed by atoms with Crippen molar-refractivity contribution >= 4 is 45.2 Å². The number of fused-ring (bicyclic) bond motifs is 6. The number of hydroxylamine groups is 2. The topological polar surface area (TPSA) is 178 Å². The van der Waals surface area contributed by atoms with Crippen molar-refractivity contribution in [1.29, 1.82) is 0 Å². The lowest BCUT2D eigenvalue weighted by Gasteiger charge is -2.16. The number of ether oxygens (including phenoxy) is 2. The quantitative estimate of drug-likeness (QED) is 0.231. The number of pyridine rings is 2. The molecule has 0 radical (unpaired) electrons. The summed E-state index contributed by atoms with van der Waals surface area (Å²) < 4.78 is 57.7. The molecule has 4 bridgehead atoms. The Morgan fingerprint density at radius 2 is 1.80 bits per heavy atom. The van der Waals surface area contributed by atoms with Crippen LogP contribution in [-0.2, 0) is 34.7 Å². The second kappa shape index (κ2) is 15.8. The molecule has 3 aromatic rings. The molecular weight excluding hydrogens is 666 g/mol. The maximum atomic E-state index is 14.9. The molecule has 0 spiro atoms. The molecule has 2 aliphatic rings. The monoisotopic (exact) mass is 700 g/mol. The van der Waals surface area contributed by atoms with E-state index in [1.165, 1.54) is 30.5 Å². The highest BCUT2D eigenvalue weighted by Gasteiger charge is 2.32. The maximum Gasteiger partial charge on any atom is 0.349 e. The minimum Gasteiger partial charge on any atom is -0.493 e. The standard InChI is InChI=1S/C32H34F2N6O8S/c1-49(45,39-32(44)35-11-4-2-3-6-31(43)48-40-29(41)9-10-30(40)42)19-20-14-27-37-26-17-23(24(34)18-36-26)22-8-7-21(33)16-25(22)46-12-5-13-47-28(15-20)38-27/h7-8,14-18H,2-6,9-13,19H2,1H3,(H,35,44)(H,36,37,38). The molecule has 1 saturated heterocycles. The number of aromatic nitrogens is 2. The van der Waals surface area contributed by atoms with Crippen molar-refractivity contribution in [3.05, 3.63) is 59.8 Å². The number of unbranched alkanes of at least 4 members (excludes halogenated alkanes) is 2. The summed E-state index contributed by atoms with van der Waals surface area (Å²) in [6.45, 7) is 0.534. The van der Waals surface area contributed by atoms with E-state index in [1.54, 1.807) is 12.1 Å². The molecule has 0 saturated carbocycles. The van der Waals surface area contributed by atoms with Crippen molar-refractivity contribution in [2.45, 2.75) is 50.7 Å². The lowest BCUT2D eigenvalue weighted by Crippen LogP contribution is -2.31. The van der Waals surface area contributed by atoms with Gasteiger partial charge in [0, 0.05) is 61.7 Å². The summed E-state index contributed by atoms with van der Waals surface area (Å²) in [6.07, 6.45) is 4.22. The van der Waals surface area contributed by atoms with Crippen LogP contribution in [0, 0.1) is 11.6 Å². The number of imide groups is 1. The first-order chi connectivity index (χ1) is 23.5.